The molecule has 1 aromatic rings. The number of ether oxygens (including phenoxy) is 2. The number of anilines is 2. The SMILES string of the molecule is CNc1cc([N+](=O)[O-])ccc1N1C=CC=CC(C(=O)OC)=C1C(=O)OC. The molecule has 0 saturated heterocycles. The zero-order valence-corrected chi connectivity index (χ0v) is 14.4. The van der Waals surface area contributed by atoms with Crippen molar-refractivity contribution in [3.05, 3.63) is 64.0 Å². The lowest BCUT2D eigenvalue weighted by Crippen LogP contribution is -2.27. The maximum Gasteiger partial charge on any atom is 0.355 e. The zero-order valence-electron chi connectivity index (χ0n) is 14.4. The standard InChI is InChI=1S/C17H17N3O6/c1-18-13-10-11(20(23)24)7-8-14(13)19-9-5-4-6-12(16(21)25-2)15(19)17(22)26-3/h4-10,18H,1-3H3. The van der Waals surface area contributed by atoms with Crippen LogP contribution in [0.15, 0.2) is 53.9 Å². The lowest BCUT2D eigenvalue weighted by molar-refractivity contribution is -0.384. The number of nitro groups is 1. The first-order valence-corrected chi connectivity index (χ1v) is 7.45. The van der Waals surface area contributed by atoms with Crippen molar-refractivity contribution < 1.29 is 24.0 Å². The molecule has 0 aliphatic carbocycles. The molecular weight excluding hydrogens is 342 g/mol. The number of nitrogens with zero attached hydrogens (tertiary/aromatic N) is 2. The minimum absolute atomic E-state index is 0.00949. The van der Waals surface area contributed by atoms with Crippen LogP contribution in [0, 0.1) is 10.1 Å². The number of carbonyl (C=O) groups excluding carboxylic acids is 2. The van der Waals surface area contributed by atoms with Gasteiger partial charge in [-0.15, -0.1) is 0 Å². The monoisotopic (exact) mass is 359 g/mol. The van der Waals surface area contributed by atoms with Crippen LogP contribution in [0.5, 0.6) is 0 Å². The van der Waals surface area contributed by atoms with E-state index in [1.165, 1.54) is 43.4 Å². The molecule has 1 aliphatic rings. The Bertz CT molecular complexity index is 841. The van der Waals surface area contributed by atoms with Gasteiger partial charge in [-0.3, -0.25) is 10.1 Å². The topological polar surface area (TPSA) is 111 Å². The molecular formula is C17H17N3O6. The van der Waals surface area contributed by atoms with Crippen molar-refractivity contribution >= 4 is 29.0 Å². The van der Waals surface area contributed by atoms with Crippen molar-refractivity contribution in [1.29, 1.82) is 0 Å². The Morgan fingerprint density at radius 3 is 2.42 bits per heavy atom. The minimum Gasteiger partial charge on any atom is -0.465 e. The largest absolute Gasteiger partial charge is 0.465 e. The Labute approximate surface area is 149 Å². The predicted octanol–water partition coefficient (Wildman–Crippen LogP) is 2.13. The number of hydrogen-bond donors (Lipinski definition) is 1. The molecule has 9 nitrogen and oxygen atoms in total. The maximum atomic E-state index is 12.4. The van der Waals surface area contributed by atoms with Crippen molar-refractivity contribution in [3.63, 3.8) is 0 Å². The second-order valence-corrected chi connectivity index (χ2v) is 5.02. The molecule has 1 N–H and O–H groups in total. The molecule has 0 fully saturated rings. The van der Waals surface area contributed by atoms with Crippen molar-refractivity contribution in [1.82, 2.24) is 0 Å². The van der Waals surface area contributed by atoms with Crippen LogP contribution in [0.3, 0.4) is 0 Å². The smallest absolute Gasteiger partial charge is 0.355 e. The summed E-state index contributed by atoms with van der Waals surface area (Å²) in [6.07, 6.45) is 6.15. The Morgan fingerprint density at radius 2 is 1.85 bits per heavy atom. The average molecular weight is 359 g/mol. The third-order valence-corrected chi connectivity index (χ3v) is 3.61. The van der Waals surface area contributed by atoms with Gasteiger partial charge in [0.05, 0.1) is 36.1 Å². The number of benzene rings is 1. The highest BCUT2D eigenvalue weighted by Crippen LogP contribution is 2.34. The number of carbonyl (C=O) groups is 2. The van der Waals surface area contributed by atoms with Crippen LogP contribution in [0.25, 0.3) is 0 Å². The number of nitrogens with one attached hydrogen (secondary N) is 1. The van der Waals surface area contributed by atoms with E-state index in [1.807, 2.05) is 0 Å². The van der Waals surface area contributed by atoms with Gasteiger partial charge in [0.25, 0.3) is 5.69 Å². The van der Waals surface area contributed by atoms with Crippen LogP contribution in [0.1, 0.15) is 0 Å². The summed E-state index contributed by atoms with van der Waals surface area (Å²) in [6.45, 7) is 0. The summed E-state index contributed by atoms with van der Waals surface area (Å²) in [5, 5.41) is 13.9. The third kappa shape index (κ3) is 3.56. The van der Waals surface area contributed by atoms with Crippen LogP contribution in [-0.4, -0.2) is 38.1 Å². The van der Waals surface area contributed by atoms with Crippen molar-refractivity contribution in [2.45, 2.75) is 0 Å². The quantitative estimate of drug-likeness (QED) is 0.483. The first kappa shape index (κ1) is 18.7. The summed E-state index contributed by atoms with van der Waals surface area (Å²) in [5.74, 6) is -1.48. The number of rotatable bonds is 5. The summed E-state index contributed by atoms with van der Waals surface area (Å²) in [4.78, 5) is 36.4. The molecule has 1 heterocycles. The summed E-state index contributed by atoms with van der Waals surface area (Å²) in [5.41, 5.74) is 0.600. The molecule has 0 atom stereocenters. The normalized spacial score (nSPS) is 13.3. The Balaban J connectivity index is 2.71. The van der Waals surface area contributed by atoms with E-state index in [2.05, 4.69) is 5.32 Å². The number of hydrogen-bond acceptors (Lipinski definition) is 8. The van der Waals surface area contributed by atoms with Gasteiger partial charge >= 0.3 is 11.9 Å². The van der Waals surface area contributed by atoms with Crippen LogP contribution in [0.4, 0.5) is 17.1 Å². The van der Waals surface area contributed by atoms with E-state index in [1.54, 1.807) is 25.4 Å². The summed E-state index contributed by atoms with van der Waals surface area (Å²) in [6, 6.07) is 4.10. The summed E-state index contributed by atoms with van der Waals surface area (Å²) >= 11 is 0. The van der Waals surface area contributed by atoms with Gasteiger partial charge in [-0.05, 0) is 18.2 Å². The number of nitro benzene ring substituents is 1. The van der Waals surface area contributed by atoms with E-state index in [0.29, 0.717) is 11.4 Å². The van der Waals surface area contributed by atoms with E-state index < -0.39 is 16.9 Å². The Kier molecular flexibility index (Phi) is 5.74. The van der Waals surface area contributed by atoms with Gasteiger partial charge in [0.15, 0.2) is 0 Å². The predicted molar refractivity (Wildman–Crippen MR) is 94.5 cm³/mol. The molecule has 1 aliphatic heterocycles. The van der Waals surface area contributed by atoms with Gasteiger partial charge in [-0.25, -0.2) is 9.59 Å². The van der Waals surface area contributed by atoms with Crippen LogP contribution >= 0.6 is 0 Å². The minimum atomic E-state index is -0.762. The molecule has 0 amide bonds. The molecule has 136 valence electrons. The molecule has 0 unspecified atom stereocenters. The van der Waals surface area contributed by atoms with Gasteiger partial charge in [-0.1, -0.05) is 6.08 Å². The van der Waals surface area contributed by atoms with E-state index in [4.69, 9.17) is 9.47 Å². The fourth-order valence-electron chi connectivity index (χ4n) is 2.40. The number of methoxy groups -OCH3 is 2. The molecule has 0 bridgehead atoms. The fraction of sp³-hybridized carbons (Fsp3) is 0.176. The first-order valence-electron chi connectivity index (χ1n) is 7.45. The van der Waals surface area contributed by atoms with Gasteiger partial charge in [0.2, 0.25) is 0 Å². The maximum absolute atomic E-state index is 12.4. The number of esters is 2. The molecule has 9 heteroatoms. The van der Waals surface area contributed by atoms with E-state index in [0.717, 1.165) is 0 Å². The highest BCUT2D eigenvalue weighted by molar-refractivity contribution is 6.06. The highest BCUT2D eigenvalue weighted by Gasteiger charge is 2.29. The van der Waals surface area contributed by atoms with Crippen molar-refractivity contribution in [3.8, 4) is 0 Å². The lowest BCUT2D eigenvalue weighted by atomic mass is 10.1. The second-order valence-electron chi connectivity index (χ2n) is 5.02. The molecule has 26 heavy (non-hydrogen) atoms. The van der Waals surface area contributed by atoms with Gasteiger partial charge in [-0.2, -0.15) is 0 Å². The molecule has 0 saturated carbocycles. The van der Waals surface area contributed by atoms with Gasteiger partial charge < -0.3 is 19.7 Å². The van der Waals surface area contributed by atoms with Gasteiger partial charge in [0.1, 0.15) is 5.70 Å². The average Bonchev–Trinajstić information content (AvgIpc) is 2.88. The first-order chi connectivity index (χ1) is 12.4. The van der Waals surface area contributed by atoms with Crippen LogP contribution < -0.4 is 10.2 Å². The summed E-state index contributed by atoms with van der Waals surface area (Å²) in [7, 11) is 3.98. The highest BCUT2D eigenvalue weighted by atomic mass is 16.6. The van der Waals surface area contributed by atoms with Crippen molar-refractivity contribution in [2.75, 3.05) is 31.5 Å². The van der Waals surface area contributed by atoms with Gasteiger partial charge in [0, 0.05) is 25.4 Å². The number of allylic oxidation sites excluding steroid dienone is 2. The van der Waals surface area contributed by atoms with Crippen LogP contribution in [-0.2, 0) is 19.1 Å². The number of non-ortho nitro benzene ring substituents is 1. The van der Waals surface area contributed by atoms with E-state index >= 15 is 0 Å². The molecule has 0 spiro atoms. The molecule has 0 radical (unpaired) electrons. The fourth-order valence-corrected chi connectivity index (χ4v) is 2.40. The Morgan fingerprint density at radius 1 is 1.15 bits per heavy atom. The lowest BCUT2D eigenvalue weighted by Gasteiger charge is -2.25. The molecule has 2 rings (SSSR count). The summed E-state index contributed by atoms with van der Waals surface area (Å²) < 4.78 is 9.56. The zero-order chi connectivity index (χ0) is 19.3. The van der Waals surface area contributed by atoms with Crippen molar-refractivity contribution in [2.24, 2.45) is 0 Å². The second kappa shape index (κ2) is 7.97. The molecule has 0 aromatic heterocycles. The van der Waals surface area contributed by atoms with Crippen LogP contribution in [0.2, 0.25) is 0 Å². The molecule has 1 aromatic carbocycles. The Hall–Kier alpha value is -3.62. The van der Waals surface area contributed by atoms with E-state index in [9.17, 15) is 19.7 Å². The van der Waals surface area contributed by atoms with E-state index in [-0.39, 0.29) is 17.0 Å². The third-order valence-electron chi connectivity index (χ3n) is 3.61.